The maximum Gasteiger partial charge on any atom is 0.209 e. The fourth-order valence-corrected chi connectivity index (χ4v) is 1.55. The minimum atomic E-state index is -0.335. The fourth-order valence-electron chi connectivity index (χ4n) is 0.880. The maximum atomic E-state index is 10.1. The van der Waals surface area contributed by atoms with Gasteiger partial charge in [0.05, 0.1) is 29.5 Å². The van der Waals surface area contributed by atoms with Crippen molar-refractivity contribution in [2.24, 2.45) is 0 Å². The van der Waals surface area contributed by atoms with E-state index in [2.05, 4.69) is 8.75 Å². The van der Waals surface area contributed by atoms with Crippen molar-refractivity contribution < 1.29 is 4.92 Å². The van der Waals surface area contributed by atoms with Crippen LogP contribution in [0.2, 0.25) is 0 Å². The second-order valence-electron chi connectivity index (χ2n) is 2.32. The van der Waals surface area contributed by atoms with Crippen LogP contribution in [0.25, 0.3) is 0 Å². The van der Waals surface area contributed by atoms with E-state index in [0.29, 0.717) is 6.42 Å². The van der Waals surface area contributed by atoms with E-state index in [9.17, 15) is 10.1 Å². The lowest BCUT2D eigenvalue weighted by atomic mass is 10.2. The number of aryl methyl sites for hydroxylation is 1. The van der Waals surface area contributed by atoms with E-state index < -0.39 is 0 Å². The van der Waals surface area contributed by atoms with Crippen molar-refractivity contribution in [3.8, 4) is 0 Å². The lowest BCUT2D eigenvalue weighted by molar-refractivity contribution is -0.479. The van der Waals surface area contributed by atoms with Crippen LogP contribution in [0.15, 0.2) is 0 Å². The molecule has 1 rings (SSSR count). The molecule has 0 aliphatic rings. The molecule has 0 unspecified atom stereocenters. The van der Waals surface area contributed by atoms with Crippen molar-refractivity contribution in [3.05, 3.63) is 21.5 Å². The number of hydrogen-bond acceptors (Lipinski definition) is 5. The van der Waals surface area contributed by atoms with Crippen molar-refractivity contribution in [3.63, 3.8) is 0 Å². The molecule has 12 heavy (non-hydrogen) atoms. The Morgan fingerprint density at radius 3 is 2.75 bits per heavy atom. The molecular weight excluding hydrogens is 178 g/mol. The van der Waals surface area contributed by atoms with Crippen LogP contribution in [-0.2, 0) is 12.8 Å². The van der Waals surface area contributed by atoms with Gasteiger partial charge in [-0.05, 0) is 6.42 Å². The first-order chi connectivity index (χ1) is 5.74. The van der Waals surface area contributed by atoms with Gasteiger partial charge in [-0.1, -0.05) is 6.92 Å². The molecule has 0 aliphatic heterocycles. The molecule has 66 valence electrons. The summed E-state index contributed by atoms with van der Waals surface area (Å²) in [4.78, 5) is 9.72. The highest BCUT2D eigenvalue weighted by Gasteiger charge is 2.08. The molecule has 0 bridgehead atoms. The van der Waals surface area contributed by atoms with Crippen LogP contribution in [-0.4, -0.2) is 20.2 Å². The van der Waals surface area contributed by atoms with Crippen molar-refractivity contribution in [2.75, 3.05) is 6.54 Å². The third-order valence-electron chi connectivity index (χ3n) is 1.50. The molecule has 0 fully saturated rings. The average Bonchev–Trinajstić information content (AvgIpc) is 2.47. The summed E-state index contributed by atoms with van der Waals surface area (Å²) in [5.74, 6) is 0. The highest BCUT2D eigenvalue weighted by molar-refractivity contribution is 6.99. The number of rotatable bonds is 4. The molecule has 6 heteroatoms. The molecule has 0 aromatic carbocycles. The summed E-state index contributed by atoms with van der Waals surface area (Å²) >= 11 is 1.12. The highest BCUT2D eigenvalue weighted by Crippen LogP contribution is 2.06. The van der Waals surface area contributed by atoms with Crippen molar-refractivity contribution in [1.82, 2.24) is 8.75 Å². The summed E-state index contributed by atoms with van der Waals surface area (Å²) in [7, 11) is 0. The lowest BCUT2D eigenvalue weighted by Gasteiger charge is -1.92. The minimum absolute atomic E-state index is 0.0571. The van der Waals surface area contributed by atoms with Crippen LogP contribution >= 0.6 is 11.7 Å². The maximum absolute atomic E-state index is 10.1. The van der Waals surface area contributed by atoms with E-state index in [1.54, 1.807) is 0 Å². The summed E-state index contributed by atoms with van der Waals surface area (Å²) < 4.78 is 8.01. The van der Waals surface area contributed by atoms with Gasteiger partial charge in [-0.3, -0.25) is 10.1 Å². The predicted octanol–water partition coefficient (Wildman–Crippen LogP) is 0.920. The predicted molar refractivity (Wildman–Crippen MR) is 44.9 cm³/mol. The van der Waals surface area contributed by atoms with E-state index in [1.807, 2.05) is 6.92 Å². The molecule has 0 saturated heterocycles. The van der Waals surface area contributed by atoms with Gasteiger partial charge in [0, 0.05) is 4.92 Å². The summed E-state index contributed by atoms with van der Waals surface area (Å²) in [6.07, 6.45) is 1.19. The summed E-state index contributed by atoms with van der Waals surface area (Å²) in [6.45, 7) is 1.91. The van der Waals surface area contributed by atoms with E-state index in [1.165, 1.54) is 0 Å². The van der Waals surface area contributed by atoms with Gasteiger partial charge in [-0.2, -0.15) is 8.75 Å². The SMILES string of the molecule is CCc1nsnc1CC[N+](=O)[O-]. The van der Waals surface area contributed by atoms with Crippen LogP contribution in [0.4, 0.5) is 0 Å². The Hall–Kier alpha value is -1.04. The topological polar surface area (TPSA) is 68.9 Å². The van der Waals surface area contributed by atoms with Gasteiger partial charge in [0.15, 0.2) is 0 Å². The highest BCUT2D eigenvalue weighted by atomic mass is 32.1. The molecule has 1 aromatic rings. The van der Waals surface area contributed by atoms with Crippen LogP contribution < -0.4 is 0 Å². The smallest absolute Gasteiger partial charge is 0.209 e. The van der Waals surface area contributed by atoms with Crippen LogP contribution in [0, 0.1) is 10.1 Å². The van der Waals surface area contributed by atoms with Crippen molar-refractivity contribution in [2.45, 2.75) is 19.8 Å². The molecule has 0 saturated carbocycles. The summed E-state index contributed by atoms with van der Waals surface area (Å²) in [6, 6.07) is 0. The molecule has 0 aliphatic carbocycles. The Labute approximate surface area is 73.9 Å². The van der Waals surface area contributed by atoms with E-state index >= 15 is 0 Å². The number of hydrogen-bond donors (Lipinski definition) is 0. The third kappa shape index (κ3) is 2.23. The normalized spacial score (nSPS) is 10.1. The molecule has 1 aromatic heterocycles. The van der Waals surface area contributed by atoms with E-state index in [-0.39, 0.29) is 11.5 Å². The summed E-state index contributed by atoms with van der Waals surface area (Å²) in [5.41, 5.74) is 1.67. The van der Waals surface area contributed by atoms with Gasteiger partial charge in [-0.15, -0.1) is 0 Å². The van der Waals surface area contributed by atoms with Crippen molar-refractivity contribution >= 4 is 11.7 Å². The first kappa shape index (κ1) is 9.05. The van der Waals surface area contributed by atoms with Gasteiger partial charge in [-0.25, -0.2) is 0 Å². The molecule has 0 amide bonds. The third-order valence-corrected chi connectivity index (χ3v) is 2.11. The van der Waals surface area contributed by atoms with Gasteiger partial charge in [0.2, 0.25) is 6.54 Å². The fraction of sp³-hybridized carbons (Fsp3) is 0.667. The Morgan fingerprint density at radius 1 is 1.50 bits per heavy atom. The number of aromatic nitrogens is 2. The molecule has 1 heterocycles. The number of nitro groups is 1. The van der Waals surface area contributed by atoms with Crippen LogP contribution in [0.3, 0.4) is 0 Å². The lowest BCUT2D eigenvalue weighted by Crippen LogP contribution is -2.05. The summed E-state index contributed by atoms with van der Waals surface area (Å²) in [5, 5.41) is 10.1. The quantitative estimate of drug-likeness (QED) is 0.519. The van der Waals surface area contributed by atoms with Gasteiger partial charge < -0.3 is 0 Å². The van der Waals surface area contributed by atoms with E-state index in [0.717, 1.165) is 29.5 Å². The zero-order valence-electron chi connectivity index (χ0n) is 6.69. The van der Waals surface area contributed by atoms with E-state index in [4.69, 9.17) is 0 Å². The Morgan fingerprint density at radius 2 is 2.17 bits per heavy atom. The molecule has 5 nitrogen and oxygen atoms in total. The van der Waals surface area contributed by atoms with Crippen molar-refractivity contribution in [1.29, 1.82) is 0 Å². The van der Waals surface area contributed by atoms with Crippen LogP contribution in [0.5, 0.6) is 0 Å². The second-order valence-corrected chi connectivity index (χ2v) is 2.85. The molecule has 0 spiro atoms. The van der Waals surface area contributed by atoms with Gasteiger partial charge in [0.1, 0.15) is 0 Å². The zero-order valence-corrected chi connectivity index (χ0v) is 7.50. The van der Waals surface area contributed by atoms with Gasteiger partial charge >= 0.3 is 0 Å². The largest absolute Gasteiger partial charge is 0.265 e. The Bertz CT molecular complexity index is 274. The molecule has 0 N–H and O–H groups in total. The first-order valence-electron chi connectivity index (χ1n) is 3.66. The standard InChI is InChI=1S/C6H9N3O2S/c1-2-5-6(8-12-7-5)3-4-9(10)11/h2-4H2,1H3. The van der Waals surface area contributed by atoms with Crippen LogP contribution in [0.1, 0.15) is 18.3 Å². The molecule has 0 atom stereocenters. The number of nitrogens with zero attached hydrogens (tertiary/aromatic N) is 3. The zero-order chi connectivity index (χ0) is 8.97. The minimum Gasteiger partial charge on any atom is -0.265 e. The van der Waals surface area contributed by atoms with Gasteiger partial charge in [0.25, 0.3) is 0 Å². The molecular formula is C6H9N3O2S. The Kier molecular flexibility index (Phi) is 3.09. The first-order valence-corrected chi connectivity index (χ1v) is 4.39. The Balaban J connectivity index is 2.56. The molecule has 0 radical (unpaired) electrons. The average molecular weight is 187 g/mol. The second kappa shape index (κ2) is 4.10. The monoisotopic (exact) mass is 187 g/mol.